The number of halogens is 1. The van der Waals surface area contributed by atoms with Crippen molar-refractivity contribution in [2.24, 2.45) is 0 Å². The predicted octanol–water partition coefficient (Wildman–Crippen LogP) is 2.22. The summed E-state index contributed by atoms with van der Waals surface area (Å²) in [5.74, 6) is 0. The van der Waals surface area contributed by atoms with Crippen molar-refractivity contribution in [2.45, 2.75) is 26.7 Å². The van der Waals surface area contributed by atoms with Crippen molar-refractivity contribution >= 4 is 11.6 Å². The molecule has 0 unspecified atom stereocenters. The van der Waals surface area contributed by atoms with E-state index in [0.29, 0.717) is 0 Å². The highest BCUT2D eigenvalue weighted by atomic mass is 35.5. The van der Waals surface area contributed by atoms with Gasteiger partial charge in [-0.1, -0.05) is 24.9 Å². The maximum absolute atomic E-state index is 8.83. The lowest BCUT2D eigenvalue weighted by Gasteiger charge is -2.20. The first kappa shape index (κ1) is 12.9. The molecule has 0 spiro atoms. The monoisotopic (exact) mass is 205 g/mol. The van der Waals surface area contributed by atoms with Crippen LogP contribution in [0.1, 0.15) is 26.7 Å². The highest BCUT2D eigenvalue weighted by molar-refractivity contribution is 6.25. The number of aliphatic hydroxyl groups is 1. The van der Waals surface area contributed by atoms with E-state index in [-0.39, 0.29) is 6.61 Å². The van der Waals surface area contributed by atoms with Gasteiger partial charge in [0, 0.05) is 18.6 Å². The van der Waals surface area contributed by atoms with Crippen LogP contribution in [0.25, 0.3) is 0 Å². The van der Waals surface area contributed by atoms with E-state index >= 15 is 0 Å². The van der Waals surface area contributed by atoms with E-state index in [4.69, 9.17) is 16.7 Å². The fraction of sp³-hybridized carbons (Fsp3) is 0.800. The second-order valence-corrected chi connectivity index (χ2v) is 3.53. The van der Waals surface area contributed by atoms with Crippen LogP contribution in [0.2, 0.25) is 0 Å². The summed E-state index contributed by atoms with van der Waals surface area (Å²) in [6, 6.07) is 0. The van der Waals surface area contributed by atoms with Crippen LogP contribution in [-0.2, 0) is 0 Å². The Labute approximate surface area is 86.2 Å². The van der Waals surface area contributed by atoms with E-state index in [1.54, 1.807) is 5.54 Å². The molecule has 0 radical (unpaired) electrons. The lowest BCUT2D eigenvalue weighted by atomic mass is 10.2. The van der Waals surface area contributed by atoms with Gasteiger partial charge in [0.25, 0.3) is 0 Å². The highest BCUT2D eigenvalue weighted by Crippen LogP contribution is 2.02. The minimum absolute atomic E-state index is 0.222. The maximum atomic E-state index is 8.83. The summed E-state index contributed by atoms with van der Waals surface area (Å²) in [4.78, 5) is 2.22. The molecule has 0 rings (SSSR count). The predicted molar refractivity (Wildman–Crippen MR) is 58.0 cm³/mol. The van der Waals surface area contributed by atoms with Crippen molar-refractivity contribution in [1.82, 2.24) is 4.90 Å². The van der Waals surface area contributed by atoms with Crippen LogP contribution in [0.4, 0.5) is 0 Å². The molecule has 2 nitrogen and oxygen atoms in total. The minimum Gasteiger partial charge on any atom is -0.395 e. The number of nitrogens with zero attached hydrogens (tertiary/aromatic N) is 1. The third-order valence-electron chi connectivity index (χ3n) is 1.90. The summed E-state index contributed by atoms with van der Waals surface area (Å²) in [5, 5.41) is 8.83. The minimum atomic E-state index is 0.222. The van der Waals surface area contributed by atoms with Crippen molar-refractivity contribution < 1.29 is 5.11 Å². The van der Waals surface area contributed by atoms with E-state index in [2.05, 4.69) is 11.8 Å². The average molecular weight is 206 g/mol. The van der Waals surface area contributed by atoms with Gasteiger partial charge in [-0.3, -0.25) is 4.90 Å². The molecule has 0 aliphatic heterocycles. The fourth-order valence-electron chi connectivity index (χ4n) is 1.18. The van der Waals surface area contributed by atoms with Crippen molar-refractivity contribution in [2.75, 3.05) is 26.2 Å². The van der Waals surface area contributed by atoms with Crippen LogP contribution >= 0.6 is 11.6 Å². The molecular formula is C10H20ClNO. The molecule has 0 aromatic rings. The lowest BCUT2D eigenvalue weighted by Crippen LogP contribution is -2.29. The van der Waals surface area contributed by atoms with Crippen LogP contribution in [0.5, 0.6) is 0 Å². The quantitative estimate of drug-likeness (QED) is 0.689. The number of unbranched alkanes of at least 4 members (excludes halogenated alkanes) is 1. The molecule has 0 aromatic carbocycles. The molecule has 1 N–H and O–H groups in total. The number of aliphatic hydroxyl groups excluding tert-OH is 1. The normalized spacial score (nSPS) is 12.5. The molecule has 0 heterocycles. The van der Waals surface area contributed by atoms with Crippen LogP contribution in [0.15, 0.2) is 11.1 Å². The highest BCUT2D eigenvalue weighted by Gasteiger charge is 2.03. The zero-order valence-corrected chi connectivity index (χ0v) is 9.35. The van der Waals surface area contributed by atoms with E-state index in [0.717, 1.165) is 25.2 Å². The Hall–Kier alpha value is -0.0500. The molecule has 0 saturated carbocycles. The smallest absolute Gasteiger partial charge is 0.0558 e. The summed E-state index contributed by atoms with van der Waals surface area (Å²) < 4.78 is 0. The van der Waals surface area contributed by atoms with Gasteiger partial charge in [0.2, 0.25) is 0 Å². The molecule has 0 bridgehead atoms. The second kappa shape index (κ2) is 8.54. The van der Waals surface area contributed by atoms with E-state index in [1.807, 2.05) is 6.92 Å². The summed E-state index contributed by atoms with van der Waals surface area (Å²) in [6.07, 6.45) is 2.36. The zero-order chi connectivity index (χ0) is 10.1. The van der Waals surface area contributed by atoms with Gasteiger partial charge in [-0.25, -0.2) is 0 Å². The Morgan fingerprint density at radius 3 is 2.62 bits per heavy atom. The standard InChI is InChI=1S/C10H20ClNO/c1-3-4-5-12(6-7-13)9-10(2)8-11/h8,13H,3-7,9H2,1-2H3. The topological polar surface area (TPSA) is 23.5 Å². The molecule has 0 amide bonds. The summed E-state index contributed by atoms with van der Waals surface area (Å²) in [6.45, 7) is 7.04. The van der Waals surface area contributed by atoms with Gasteiger partial charge in [0.05, 0.1) is 6.61 Å². The van der Waals surface area contributed by atoms with Gasteiger partial charge >= 0.3 is 0 Å². The van der Waals surface area contributed by atoms with Crippen molar-refractivity contribution in [3.05, 3.63) is 11.1 Å². The zero-order valence-electron chi connectivity index (χ0n) is 8.59. The summed E-state index contributed by atoms with van der Waals surface area (Å²) >= 11 is 5.58. The molecule has 0 saturated heterocycles. The van der Waals surface area contributed by atoms with Crippen LogP contribution in [0.3, 0.4) is 0 Å². The lowest BCUT2D eigenvalue weighted by molar-refractivity contribution is 0.204. The maximum Gasteiger partial charge on any atom is 0.0558 e. The SMILES string of the molecule is CCCCN(CCO)CC(C)=CCl. The van der Waals surface area contributed by atoms with E-state index in [9.17, 15) is 0 Å². The van der Waals surface area contributed by atoms with Crippen molar-refractivity contribution in [1.29, 1.82) is 0 Å². The van der Waals surface area contributed by atoms with Gasteiger partial charge in [0.1, 0.15) is 0 Å². The first-order chi connectivity index (χ1) is 6.24. The summed E-state index contributed by atoms with van der Waals surface area (Å²) in [5.41, 5.74) is 2.75. The Balaban J connectivity index is 3.79. The molecule has 0 atom stereocenters. The second-order valence-electron chi connectivity index (χ2n) is 3.31. The number of hydrogen-bond donors (Lipinski definition) is 1. The average Bonchev–Trinajstić information content (AvgIpc) is 2.14. The Morgan fingerprint density at radius 1 is 1.46 bits per heavy atom. The molecule has 13 heavy (non-hydrogen) atoms. The first-order valence-electron chi connectivity index (χ1n) is 4.83. The molecular weight excluding hydrogens is 186 g/mol. The van der Waals surface area contributed by atoms with Crippen LogP contribution < -0.4 is 0 Å². The Bertz CT molecular complexity index is 148. The summed E-state index contributed by atoms with van der Waals surface area (Å²) in [7, 11) is 0. The van der Waals surface area contributed by atoms with Crippen LogP contribution in [-0.4, -0.2) is 36.2 Å². The molecule has 0 aromatic heterocycles. The van der Waals surface area contributed by atoms with Gasteiger partial charge in [0.15, 0.2) is 0 Å². The fourth-order valence-corrected chi connectivity index (χ4v) is 1.25. The van der Waals surface area contributed by atoms with Crippen molar-refractivity contribution in [3.8, 4) is 0 Å². The first-order valence-corrected chi connectivity index (χ1v) is 5.27. The largest absolute Gasteiger partial charge is 0.395 e. The third-order valence-corrected chi connectivity index (χ3v) is 2.28. The van der Waals surface area contributed by atoms with Crippen molar-refractivity contribution in [3.63, 3.8) is 0 Å². The Morgan fingerprint density at radius 2 is 2.15 bits per heavy atom. The van der Waals surface area contributed by atoms with Gasteiger partial charge in [-0.05, 0) is 25.5 Å². The molecule has 0 aliphatic rings. The molecule has 78 valence electrons. The van der Waals surface area contributed by atoms with E-state index in [1.165, 1.54) is 12.8 Å². The third kappa shape index (κ3) is 7.05. The van der Waals surface area contributed by atoms with Gasteiger partial charge < -0.3 is 5.11 Å². The Kier molecular flexibility index (Phi) is 8.51. The number of rotatable bonds is 7. The van der Waals surface area contributed by atoms with E-state index < -0.39 is 0 Å². The number of hydrogen-bond acceptors (Lipinski definition) is 2. The van der Waals surface area contributed by atoms with Gasteiger partial charge in [-0.15, -0.1) is 0 Å². The molecule has 3 heteroatoms. The van der Waals surface area contributed by atoms with Gasteiger partial charge in [-0.2, -0.15) is 0 Å². The van der Waals surface area contributed by atoms with Crippen LogP contribution in [0, 0.1) is 0 Å². The molecule has 0 fully saturated rings. The molecule has 0 aliphatic carbocycles.